The molecule has 0 saturated heterocycles. The Kier molecular flexibility index (Phi) is 4.84. The van der Waals surface area contributed by atoms with Gasteiger partial charge in [0.1, 0.15) is 18.7 Å². The number of hydrogen-bond donors (Lipinski definition) is 2. The number of amides is 1. The summed E-state index contributed by atoms with van der Waals surface area (Å²) in [6, 6.07) is 8.97. The van der Waals surface area contributed by atoms with Gasteiger partial charge in [-0.3, -0.25) is 4.79 Å². The Morgan fingerprint density at radius 1 is 1.40 bits per heavy atom. The molecule has 6 heteroatoms. The van der Waals surface area contributed by atoms with Gasteiger partial charge in [0.15, 0.2) is 0 Å². The first-order valence-electron chi connectivity index (χ1n) is 6.50. The molecule has 1 heterocycles. The van der Waals surface area contributed by atoms with E-state index in [1.165, 1.54) is 17.3 Å². The quantitative estimate of drug-likeness (QED) is 0.806. The largest absolute Gasteiger partial charge is 0.394 e. The molecule has 6 nitrogen and oxygen atoms in total. The van der Waals surface area contributed by atoms with Gasteiger partial charge < -0.3 is 10.4 Å². The molecule has 20 heavy (non-hydrogen) atoms. The smallest absolute Gasteiger partial charge is 0.244 e. The minimum atomic E-state index is -0.456. The normalized spacial score (nSPS) is 13.7. The van der Waals surface area contributed by atoms with E-state index in [1.807, 2.05) is 30.3 Å². The maximum Gasteiger partial charge on any atom is 0.244 e. The van der Waals surface area contributed by atoms with E-state index >= 15 is 0 Å². The highest BCUT2D eigenvalue weighted by atomic mass is 16.3. The van der Waals surface area contributed by atoms with Crippen molar-refractivity contribution in [3.05, 3.63) is 48.5 Å². The molecule has 2 unspecified atom stereocenters. The third-order valence-electron chi connectivity index (χ3n) is 3.10. The van der Waals surface area contributed by atoms with E-state index in [2.05, 4.69) is 15.4 Å². The van der Waals surface area contributed by atoms with Gasteiger partial charge in [0.25, 0.3) is 0 Å². The van der Waals surface area contributed by atoms with Gasteiger partial charge in [0, 0.05) is 0 Å². The molecule has 0 fully saturated rings. The summed E-state index contributed by atoms with van der Waals surface area (Å²) >= 11 is 0. The number of carbonyl (C=O) groups excluding carboxylic acids is 1. The van der Waals surface area contributed by atoms with Crippen molar-refractivity contribution in [2.24, 2.45) is 0 Å². The number of rotatable bonds is 6. The third-order valence-corrected chi connectivity index (χ3v) is 3.10. The molecule has 1 amide bonds. The monoisotopic (exact) mass is 274 g/mol. The van der Waals surface area contributed by atoms with Crippen molar-refractivity contribution in [2.45, 2.75) is 25.4 Å². The molecule has 0 spiro atoms. The maximum atomic E-state index is 12.1. The molecule has 2 aromatic rings. The second-order valence-corrected chi connectivity index (χ2v) is 4.63. The van der Waals surface area contributed by atoms with Crippen molar-refractivity contribution in [1.82, 2.24) is 20.1 Å². The highest BCUT2D eigenvalue weighted by Crippen LogP contribution is 2.06. The summed E-state index contributed by atoms with van der Waals surface area (Å²) in [5.74, 6) is -0.189. The average Bonchev–Trinajstić information content (AvgIpc) is 3.01. The van der Waals surface area contributed by atoms with E-state index in [4.69, 9.17) is 0 Å². The number of nitrogens with zero attached hydrogens (tertiary/aromatic N) is 3. The minimum Gasteiger partial charge on any atom is -0.394 e. The standard InChI is InChI=1S/C14H18N4O2/c1-11(18-10-15-9-16-18)14(20)17-13(8-19)7-12-5-3-2-4-6-12/h2-6,9-11,13,19H,7-8H2,1H3,(H,17,20). The highest BCUT2D eigenvalue weighted by molar-refractivity contribution is 5.80. The predicted octanol–water partition coefficient (Wildman–Crippen LogP) is 0.559. The van der Waals surface area contributed by atoms with E-state index in [-0.39, 0.29) is 18.6 Å². The van der Waals surface area contributed by atoms with Crippen LogP contribution < -0.4 is 5.32 Å². The lowest BCUT2D eigenvalue weighted by molar-refractivity contribution is -0.125. The number of aliphatic hydroxyl groups is 1. The van der Waals surface area contributed by atoms with Gasteiger partial charge >= 0.3 is 0 Å². The van der Waals surface area contributed by atoms with Crippen LogP contribution in [0, 0.1) is 0 Å². The molecule has 106 valence electrons. The molecule has 0 aliphatic rings. The lowest BCUT2D eigenvalue weighted by Crippen LogP contribution is -2.42. The second-order valence-electron chi connectivity index (χ2n) is 4.63. The van der Waals surface area contributed by atoms with Crippen LogP contribution in [0.1, 0.15) is 18.5 Å². The van der Waals surface area contributed by atoms with Gasteiger partial charge in [-0.05, 0) is 18.9 Å². The van der Waals surface area contributed by atoms with Gasteiger partial charge in [0.2, 0.25) is 5.91 Å². The average molecular weight is 274 g/mol. The van der Waals surface area contributed by atoms with Crippen LogP contribution in [0.5, 0.6) is 0 Å². The number of nitrogens with one attached hydrogen (secondary N) is 1. The molecule has 2 rings (SSSR count). The SMILES string of the molecule is CC(C(=O)NC(CO)Cc1ccccc1)n1cncn1. The fourth-order valence-electron chi connectivity index (χ4n) is 1.92. The summed E-state index contributed by atoms with van der Waals surface area (Å²) in [5, 5.41) is 16.2. The molecule has 0 aliphatic heterocycles. The van der Waals surface area contributed by atoms with Gasteiger partial charge in [-0.25, -0.2) is 9.67 Å². The van der Waals surface area contributed by atoms with Crippen molar-refractivity contribution < 1.29 is 9.90 Å². The second kappa shape index (κ2) is 6.81. The van der Waals surface area contributed by atoms with Crippen molar-refractivity contribution in [1.29, 1.82) is 0 Å². The van der Waals surface area contributed by atoms with E-state index < -0.39 is 6.04 Å². The van der Waals surface area contributed by atoms with E-state index in [1.54, 1.807) is 6.92 Å². The fourth-order valence-corrected chi connectivity index (χ4v) is 1.92. The number of carbonyl (C=O) groups is 1. The molecule has 0 aliphatic carbocycles. The van der Waals surface area contributed by atoms with E-state index in [0.717, 1.165) is 5.56 Å². The molecule has 0 bridgehead atoms. The number of benzene rings is 1. The summed E-state index contributed by atoms with van der Waals surface area (Å²) < 4.78 is 1.48. The van der Waals surface area contributed by atoms with Crippen LogP contribution in [-0.2, 0) is 11.2 Å². The first-order valence-corrected chi connectivity index (χ1v) is 6.50. The van der Waals surface area contributed by atoms with Crippen molar-refractivity contribution in [3.63, 3.8) is 0 Å². The van der Waals surface area contributed by atoms with Gasteiger partial charge in [-0.1, -0.05) is 30.3 Å². The Bertz CT molecular complexity index is 527. The molecule has 0 radical (unpaired) electrons. The first kappa shape index (κ1) is 14.2. The van der Waals surface area contributed by atoms with Crippen LogP contribution in [0.25, 0.3) is 0 Å². The maximum absolute atomic E-state index is 12.1. The third kappa shape index (κ3) is 3.64. The highest BCUT2D eigenvalue weighted by Gasteiger charge is 2.19. The van der Waals surface area contributed by atoms with Gasteiger partial charge in [0.05, 0.1) is 12.6 Å². The topological polar surface area (TPSA) is 80.0 Å². The minimum absolute atomic E-state index is 0.106. The van der Waals surface area contributed by atoms with Crippen molar-refractivity contribution in [3.8, 4) is 0 Å². The Labute approximate surface area is 117 Å². The summed E-state index contributed by atoms with van der Waals surface area (Å²) in [6.07, 6.45) is 3.47. The number of aromatic nitrogens is 3. The van der Waals surface area contributed by atoms with Crippen LogP contribution in [0.4, 0.5) is 0 Å². The molecule has 2 atom stereocenters. The molecule has 2 N–H and O–H groups in total. The summed E-state index contributed by atoms with van der Waals surface area (Å²) in [4.78, 5) is 15.9. The summed E-state index contributed by atoms with van der Waals surface area (Å²) in [6.45, 7) is 1.63. The summed E-state index contributed by atoms with van der Waals surface area (Å²) in [5.41, 5.74) is 1.07. The summed E-state index contributed by atoms with van der Waals surface area (Å²) in [7, 11) is 0. The van der Waals surface area contributed by atoms with Crippen LogP contribution in [0.2, 0.25) is 0 Å². The van der Waals surface area contributed by atoms with Crippen molar-refractivity contribution in [2.75, 3.05) is 6.61 Å². The van der Waals surface area contributed by atoms with Crippen LogP contribution >= 0.6 is 0 Å². The Morgan fingerprint density at radius 2 is 2.15 bits per heavy atom. The zero-order chi connectivity index (χ0) is 14.4. The molecule has 1 aromatic carbocycles. The lowest BCUT2D eigenvalue weighted by atomic mass is 10.1. The Morgan fingerprint density at radius 3 is 2.75 bits per heavy atom. The van der Waals surface area contributed by atoms with Gasteiger partial charge in [-0.2, -0.15) is 5.10 Å². The van der Waals surface area contributed by atoms with Crippen molar-refractivity contribution >= 4 is 5.91 Å². The Balaban J connectivity index is 1.94. The van der Waals surface area contributed by atoms with Crippen LogP contribution in [-0.4, -0.2) is 38.4 Å². The predicted molar refractivity (Wildman–Crippen MR) is 73.9 cm³/mol. The molecular weight excluding hydrogens is 256 g/mol. The zero-order valence-electron chi connectivity index (χ0n) is 11.3. The number of hydrogen-bond acceptors (Lipinski definition) is 4. The Hall–Kier alpha value is -2.21. The first-order chi connectivity index (χ1) is 9.70. The number of aliphatic hydroxyl groups excluding tert-OH is 1. The van der Waals surface area contributed by atoms with E-state index in [0.29, 0.717) is 6.42 Å². The van der Waals surface area contributed by atoms with Gasteiger partial charge in [-0.15, -0.1) is 0 Å². The molecule has 0 saturated carbocycles. The zero-order valence-corrected chi connectivity index (χ0v) is 11.3. The lowest BCUT2D eigenvalue weighted by Gasteiger charge is -2.19. The van der Waals surface area contributed by atoms with E-state index in [9.17, 15) is 9.90 Å². The molecule has 1 aromatic heterocycles. The van der Waals surface area contributed by atoms with Crippen LogP contribution in [0.15, 0.2) is 43.0 Å². The van der Waals surface area contributed by atoms with Crippen LogP contribution in [0.3, 0.4) is 0 Å². The fraction of sp³-hybridized carbons (Fsp3) is 0.357. The molecular formula is C14H18N4O2.